The predicted molar refractivity (Wildman–Crippen MR) is 71.5 cm³/mol. The summed E-state index contributed by atoms with van der Waals surface area (Å²) >= 11 is 0. The van der Waals surface area contributed by atoms with E-state index >= 15 is 0 Å². The molecule has 4 nitrogen and oxygen atoms in total. The summed E-state index contributed by atoms with van der Waals surface area (Å²) in [4.78, 5) is 11.0. The van der Waals surface area contributed by atoms with Crippen LogP contribution in [-0.2, 0) is 4.79 Å². The summed E-state index contributed by atoms with van der Waals surface area (Å²) in [6.45, 7) is 6.57. The van der Waals surface area contributed by atoms with E-state index in [1.54, 1.807) is 0 Å². The fraction of sp³-hybridized carbons (Fsp3) is 0.929. The number of carbonyl (C=O) groups is 1. The summed E-state index contributed by atoms with van der Waals surface area (Å²) in [6, 6.07) is 0.235. The maximum Gasteiger partial charge on any atom is 0.306 e. The van der Waals surface area contributed by atoms with Crippen molar-refractivity contribution in [1.82, 2.24) is 5.32 Å². The number of rotatable bonds is 6. The summed E-state index contributed by atoms with van der Waals surface area (Å²) in [5, 5.41) is 22.6. The molecule has 3 N–H and O–H groups in total. The van der Waals surface area contributed by atoms with Crippen molar-refractivity contribution >= 4 is 5.97 Å². The minimum Gasteiger partial charge on any atom is -0.481 e. The maximum atomic E-state index is 11.0. The second-order valence-electron chi connectivity index (χ2n) is 6.37. The number of aliphatic carboxylic acids is 1. The molecule has 1 aliphatic carbocycles. The van der Waals surface area contributed by atoms with Crippen LogP contribution in [0, 0.1) is 11.8 Å². The highest BCUT2D eigenvalue weighted by Gasteiger charge is 2.29. The molecule has 0 aromatic carbocycles. The Balaban J connectivity index is 2.36. The van der Waals surface area contributed by atoms with Gasteiger partial charge in [-0.1, -0.05) is 20.3 Å². The van der Waals surface area contributed by atoms with Crippen LogP contribution >= 0.6 is 0 Å². The lowest BCUT2D eigenvalue weighted by Crippen LogP contribution is -2.45. The number of hydrogen-bond donors (Lipinski definition) is 3. The van der Waals surface area contributed by atoms with Crippen molar-refractivity contribution in [2.75, 3.05) is 6.54 Å². The Morgan fingerprint density at radius 2 is 2.11 bits per heavy atom. The second-order valence-corrected chi connectivity index (χ2v) is 6.37. The van der Waals surface area contributed by atoms with Crippen LogP contribution in [0.15, 0.2) is 0 Å². The lowest BCUT2D eigenvalue weighted by molar-refractivity contribution is -0.143. The van der Waals surface area contributed by atoms with Gasteiger partial charge in [0.05, 0.1) is 11.5 Å². The number of hydrogen-bond acceptors (Lipinski definition) is 3. The van der Waals surface area contributed by atoms with Crippen LogP contribution in [0.25, 0.3) is 0 Å². The lowest BCUT2D eigenvalue weighted by Gasteiger charge is -2.32. The molecule has 4 heteroatoms. The van der Waals surface area contributed by atoms with Crippen LogP contribution in [0.4, 0.5) is 0 Å². The predicted octanol–water partition coefficient (Wildman–Crippen LogP) is 2.02. The molecule has 0 radical (unpaired) electrons. The number of carboxylic acids is 1. The highest BCUT2D eigenvalue weighted by Crippen LogP contribution is 2.25. The van der Waals surface area contributed by atoms with E-state index in [9.17, 15) is 9.90 Å². The van der Waals surface area contributed by atoms with Gasteiger partial charge in [-0.05, 0) is 38.5 Å². The molecule has 0 aromatic rings. The van der Waals surface area contributed by atoms with Crippen molar-refractivity contribution in [1.29, 1.82) is 0 Å². The van der Waals surface area contributed by atoms with Crippen molar-refractivity contribution < 1.29 is 15.0 Å². The third-order valence-electron chi connectivity index (χ3n) is 3.64. The molecule has 1 saturated carbocycles. The molecule has 1 rings (SSSR count). The van der Waals surface area contributed by atoms with E-state index in [0.717, 1.165) is 25.7 Å². The van der Waals surface area contributed by atoms with Crippen LogP contribution in [0.3, 0.4) is 0 Å². The van der Waals surface area contributed by atoms with Gasteiger partial charge in [0.25, 0.3) is 0 Å². The zero-order chi connectivity index (χ0) is 13.8. The van der Waals surface area contributed by atoms with E-state index in [1.807, 2.05) is 6.92 Å². The Kier molecular flexibility index (Phi) is 5.60. The molecule has 0 aromatic heterocycles. The van der Waals surface area contributed by atoms with Gasteiger partial charge in [0, 0.05) is 12.6 Å². The van der Waals surface area contributed by atoms with Crippen LogP contribution < -0.4 is 5.32 Å². The smallest absolute Gasteiger partial charge is 0.306 e. The second kappa shape index (κ2) is 6.53. The van der Waals surface area contributed by atoms with E-state index in [1.165, 1.54) is 0 Å². The maximum absolute atomic E-state index is 11.0. The minimum atomic E-state index is -0.704. The number of nitrogens with one attached hydrogen (secondary N) is 1. The van der Waals surface area contributed by atoms with E-state index in [-0.39, 0.29) is 12.0 Å². The molecule has 0 amide bonds. The molecular formula is C14H27NO3. The van der Waals surface area contributed by atoms with Gasteiger partial charge in [0.2, 0.25) is 0 Å². The lowest BCUT2D eigenvalue weighted by atomic mass is 9.85. The van der Waals surface area contributed by atoms with Gasteiger partial charge in [-0.3, -0.25) is 4.79 Å². The number of carboxylic acid groups (broad SMARTS) is 1. The van der Waals surface area contributed by atoms with Crippen LogP contribution in [0.5, 0.6) is 0 Å². The Labute approximate surface area is 110 Å². The van der Waals surface area contributed by atoms with Crippen LogP contribution in [0.2, 0.25) is 0 Å². The fourth-order valence-corrected chi connectivity index (χ4v) is 2.92. The molecule has 0 aliphatic heterocycles. The molecular weight excluding hydrogens is 230 g/mol. The first-order chi connectivity index (χ1) is 8.30. The normalized spacial score (nSPS) is 28.1. The van der Waals surface area contributed by atoms with Gasteiger partial charge < -0.3 is 15.5 Å². The third-order valence-corrected chi connectivity index (χ3v) is 3.64. The molecule has 0 spiro atoms. The first-order valence-electron chi connectivity index (χ1n) is 6.99. The average Bonchev–Trinajstić information content (AvgIpc) is 2.25. The van der Waals surface area contributed by atoms with Crippen molar-refractivity contribution in [3.8, 4) is 0 Å². The zero-order valence-electron chi connectivity index (χ0n) is 11.8. The van der Waals surface area contributed by atoms with E-state index in [2.05, 4.69) is 19.2 Å². The monoisotopic (exact) mass is 257 g/mol. The molecule has 3 unspecified atom stereocenters. The molecule has 106 valence electrons. The summed E-state index contributed by atoms with van der Waals surface area (Å²) in [5.74, 6) is -0.443. The van der Waals surface area contributed by atoms with E-state index < -0.39 is 11.6 Å². The summed E-state index contributed by atoms with van der Waals surface area (Å²) in [6.07, 6.45) is 4.21. The molecule has 0 bridgehead atoms. The Morgan fingerprint density at radius 3 is 2.67 bits per heavy atom. The van der Waals surface area contributed by atoms with Crippen molar-refractivity contribution in [2.45, 2.75) is 64.5 Å². The zero-order valence-corrected chi connectivity index (χ0v) is 11.8. The quantitative estimate of drug-likeness (QED) is 0.681. The van der Waals surface area contributed by atoms with Gasteiger partial charge in [-0.2, -0.15) is 0 Å². The molecule has 0 saturated heterocycles. The topological polar surface area (TPSA) is 69.6 Å². The molecule has 1 aliphatic rings. The van der Waals surface area contributed by atoms with Crippen molar-refractivity contribution in [3.05, 3.63) is 0 Å². The Hall–Kier alpha value is -0.610. The molecule has 1 fully saturated rings. The van der Waals surface area contributed by atoms with Crippen LogP contribution in [-0.4, -0.2) is 34.4 Å². The fourth-order valence-electron chi connectivity index (χ4n) is 2.92. The average molecular weight is 257 g/mol. The van der Waals surface area contributed by atoms with Gasteiger partial charge in [0.1, 0.15) is 0 Å². The highest BCUT2D eigenvalue weighted by molar-refractivity contribution is 5.70. The summed E-state index contributed by atoms with van der Waals surface area (Å²) in [7, 11) is 0. The van der Waals surface area contributed by atoms with Gasteiger partial charge in [-0.15, -0.1) is 0 Å². The Morgan fingerprint density at radius 1 is 1.44 bits per heavy atom. The molecule has 18 heavy (non-hydrogen) atoms. The largest absolute Gasteiger partial charge is 0.481 e. The van der Waals surface area contributed by atoms with Gasteiger partial charge >= 0.3 is 5.97 Å². The highest BCUT2D eigenvalue weighted by atomic mass is 16.4. The van der Waals surface area contributed by atoms with Gasteiger partial charge in [0.15, 0.2) is 0 Å². The van der Waals surface area contributed by atoms with E-state index in [4.69, 9.17) is 5.11 Å². The summed E-state index contributed by atoms with van der Waals surface area (Å²) in [5.41, 5.74) is -0.704. The molecule has 0 heterocycles. The molecule has 3 atom stereocenters. The minimum absolute atomic E-state index is 0.216. The third kappa shape index (κ3) is 5.36. The van der Waals surface area contributed by atoms with Gasteiger partial charge in [-0.25, -0.2) is 0 Å². The van der Waals surface area contributed by atoms with Crippen molar-refractivity contribution in [3.63, 3.8) is 0 Å². The van der Waals surface area contributed by atoms with E-state index in [0.29, 0.717) is 18.9 Å². The first kappa shape index (κ1) is 15.4. The Bertz CT molecular complexity index is 276. The first-order valence-corrected chi connectivity index (χ1v) is 6.99. The van der Waals surface area contributed by atoms with Crippen LogP contribution in [0.1, 0.15) is 52.9 Å². The standard InChI is InChI=1S/C14H27NO3/c1-10(2)8-14(3,18)9-15-12-6-4-5-11(7-12)13(16)17/h10-12,15,18H,4-9H2,1-3H3,(H,16,17). The SMILES string of the molecule is CC(C)CC(C)(O)CNC1CCCC(C(=O)O)C1. The summed E-state index contributed by atoms with van der Waals surface area (Å²) < 4.78 is 0. The number of aliphatic hydroxyl groups is 1. The van der Waals surface area contributed by atoms with Crippen molar-refractivity contribution in [2.24, 2.45) is 11.8 Å².